The third-order valence-electron chi connectivity index (χ3n) is 6.18. The Hall–Kier alpha value is -3.73. The summed E-state index contributed by atoms with van der Waals surface area (Å²) in [5.74, 6) is 2.32. The molecular formula is C26H23N5. The fourth-order valence-electron chi connectivity index (χ4n) is 5.06. The second-order valence-electron chi connectivity index (χ2n) is 8.07. The van der Waals surface area contributed by atoms with Gasteiger partial charge < -0.3 is 9.13 Å². The van der Waals surface area contributed by atoms with E-state index in [1.165, 1.54) is 43.6 Å². The Bertz CT molecular complexity index is 1600. The van der Waals surface area contributed by atoms with Crippen LogP contribution in [0.15, 0.2) is 60.7 Å². The fourth-order valence-corrected chi connectivity index (χ4v) is 5.06. The number of nitrogens with zero attached hydrogens (tertiary/aromatic N) is 5. The predicted molar refractivity (Wildman–Crippen MR) is 127 cm³/mol. The van der Waals surface area contributed by atoms with Crippen LogP contribution in [-0.4, -0.2) is 24.1 Å². The van der Waals surface area contributed by atoms with Crippen LogP contribution in [0, 0.1) is 13.8 Å². The number of aromatic nitrogens is 5. The number of benzene rings is 3. The lowest BCUT2D eigenvalue weighted by Gasteiger charge is -2.11. The van der Waals surface area contributed by atoms with E-state index in [9.17, 15) is 0 Å². The summed E-state index contributed by atoms with van der Waals surface area (Å²) >= 11 is 0. The number of hydrogen-bond donors (Lipinski definition) is 0. The zero-order chi connectivity index (χ0) is 21.1. The van der Waals surface area contributed by atoms with E-state index >= 15 is 0 Å². The molecule has 0 bridgehead atoms. The van der Waals surface area contributed by atoms with E-state index in [0.717, 1.165) is 24.0 Å². The van der Waals surface area contributed by atoms with Gasteiger partial charge in [-0.25, -0.2) is 15.0 Å². The van der Waals surface area contributed by atoms with Crippen molar-refractivity contribution in [1.82, 2.24) is 24.1 Å². The first-order chi connectivity index (χ1) is 15.2. The molecule has 0 unspecified atom stereocenters. The Kier molecular flexibility index (Phi) is 3.87. The summed E-state index contributed by atoms with van der Waals surface area (Å²) in [7, 11) is 0. The van der Waals surface area contributed by atoms with Gasteiger partial charge in [-0.05, 0) is 32.9 Å². The van der Waals surface area contributed by atoms with Crippen molar-refractivity contribution in [2.24, 2.45) is 0 Å². The van der Waals surface area contributed by atoms with Gasteiger partial charge in [0.25, 0.3) is 0 Å². The maximum absolute atomic E-state index is 4.64. The second kappa shape index (κ2) is 6.64. The van der Waals surface area contributed by atoms with Crippen molar-refractivity contribution >= 4 is 43.6 Å². The lowest BCUT2D eigenvalue weighted by molar-refractivity contribution is 0.750. The van der Waals surface area contributed by atoms with Crippen molar-refractivity contribution in [3.8, 4) is 0 Å². The standard InChI is InChI=1S/C26H23N5/c1-4-30-22-11-7-5-9-18(22)20-13-14-21-19-10-6-8-12-23(19)31(26(21)25(20)30)15-24-28-16(2)27-17(3)29-24/h5-14H,4,15H2,1-3H3. The van der Waals surface area contributed by atoms with Crippen LogP contribution in [0.25, 0.3) is 43.6 Å². The van der Waals surface area contributed by atoms with Gasteiger partial charge in [-0.1, -0.05) is 48.5 Å². The van der Waals surface area contributed by atoms with E-state index in [-0.39, 0.29) is 0 Å². The molecule has 0 radical (unpaired) electrons. The van der Waals surface area contributed by atoms with Crippen molar-refractivity contribution < 1.29 is 0 Å². The van der Waals surface area contributed by atoms with Crippen molar-refractivity contribution in [2.75, 3.05) is 0 Å². The maximum atomic E-state index is 4.64. The summed E-state index contributed by atoms with van der Waals surface area (Å²) in [4.78, 5) is 13.6. The summed E-state index contributed by atoms with van der Waals surface area (Å²) in [6.45, 7) is 7.60. The molecule has 0 N–H and O–H groups in total. The zero-order valence-corrected chi connectivity index (χ0v) is 17.9. The first-order valence-electron chi connectivity index (χ1n) is 10.7. The molecule has 0 aliphatic heterocycles. The SMILES string of the molecule is CCn1c2ccccc2c2ccc3c4ccccc4n(Cc4nc(C)nc(C)n4)c3c21. The van der Waals surface area contributed by atoms with Gasteiger partial charge in [-0.3, -0.25) is 0 Å². The molecule has 0 fully saturated rings. The van der Waals surface area contributed by atoms with Crippen LogP contribution in [0.1, 0.15) is 24.4 Å². The summed E-state index contributed by atoms with van der Waals surface area (Å²) in [6.07, 6.45) is 0. The van der Waals surface area contributed by atoms with Gasteiger partial charge in [-0.15, -0.1) is 0 Å². The quantitative estimate of drug-likeness (QED) is 0.375. The summed E-state index contributed by atoms with van der Waals surface area (Å²) in [5.41, 5.74) is 5.00. The fraction of sp³-hybridized carbons (Fsp3) is 0.192. The van der Waals surface area contributed by atoms with E-state index in [2.05, 4.69) is 91.7 Å². The van der Waals surface area contributed by atoms with Gasteiger partial charge in [0.1, 0.15) is 11.6 Å². The van der Waals surface area contributed by atoms with Crippen molar-refractivity contribution in [3.63, 3.8) is 0 Å². The Balaban J connectivity index is 1.79. The average molecular weight is 406 g/mol. The lowest BCUT2D eigenvalue weighted by Crippen LogP contribution is -2.08. The molecule has 3 heterocycles. The molecule has 0 atom stereocenters. The summed E-state index contributed by atoms with van der Waals surface area (Å²) in [5, 5.41) is 5.11. The Morgan fingerprint density at radius 3 is 1.71 bits per heavy atom. The van der Waals surface area contributed by atoms with E-state index in [4.69, 9.17) is 0 Å². The molecule has 5 heteroatoms. The molecular weight excluding hydrogens is 382 g/mol. The molecule has 0 aliphatic carbocycles. The van der Waals surface area contributed by atoms with Gasteiger partial charge in [0.05, 0.1) is 17.6 Å². The second-order valence-corrected chi connectivity index (χ2v) is 8.07. The number of fused-ring (bicyclic) bond motifs is 7. The van der Waals surface area contributed by atoms with Gasteiger partial charge in [0.15, 0.2) is 5.82 Å². The molecule has 3 aromatic carbocycles. The van der Waals surface area contributed by atoms with Gasteiger partial charge >= 0.3 is 0 Å². The molecule has 31 heavy (non-hydrogen) atoms. The molecule has 0 aliphatic rings. The van der Waals surface area contributed by atoms with Crippen molar-refractivity contribution in [3.05, 3.63) is 78.1 Å². The molecule has 6 aromatic rings. The van der Waals surface area contributed by atoms with Crippen LogP contribution in [0.5, 0.6) is 0 Å². The molecule has 0 saturated carbocycles. The van der Waals surface area contributed by atoms with Crippen LogP contribution < -0.4 is 0 Å². The Morgan fingerprint density at radius 2 is 1.13 bits per heavy atom. The number of aryl methyl sites for hydroxylation is 3. The summed E-state index contributed by atoms with van der Waals surface area (Å²) < 4.78 is 4.82. The molecule has 0 spiro atoms. The first-order valence-corrected chi connectivity index (χ1v) is 10.7. The van der Waals surface area contributed by atoms with E-state index in [1.807, 2.05) is 13.8 Å². The van der Waals surface area contributed by atoms with Crippen LogP contribution >= 0.6 is 0 Å². The molecule has 5 nitrogen and oxygen atoms in total. The van der Waals surface area contributed by atoms with Crippen LogP contribution in [0.4, 0.5) is 0 Å². The Labute approximate surface area is 180 Å². The molecule has 152 valence electrons. The highest BCUT2D eigenvalue weighted by atomic mass is 15.1. The van der Waals surface area contributed by atoms with Gasteiger partial charge in [-0.2, -0.15) is 0 Å². The number of hydrogen-bond acceptors (Lipinski definition) is 3. The van der Waals surface area contributed by atoms with Crippen molar-refractivity contribution in [1.29, 1.82) is 0 Å². The zero-order valence-electron chi connectivity index (χ0n) is 17.9. The lowest BCUT2D eigenvalue weighted by atomic mass is 10.1. The van der Waals surface area contributed by atoms with Crippen LogP contribution in [-0.2, 0) is 13.1 Å². The van der Waals surface area contributed by atoms with E-state index in [1.54, 1.807) is 0 Å². The monoisotopic (exact) mass is 405 g/mol. The Morgan fingerprint density at radius 1 is 0.613 bits per heavy atom. The molecule has 0 amide bonds. The van der Waals surface area contributed by atoms with E-state index < -0.39 is 0 Å². The molecule has 6 rings (SSSR count). The van der Waals surface area contributed by atoms with Gasteiger partial charge in [0.2, 0.25) is 0 Å². The van der Waals surface area contributed by atoms with E-state index in [0.29, 0.717) is 6.54 Å². The first kappa shape index (κ1) is 18.1. The predicted octanol–water partition coefficient (Wildman–Crippen LogP) is 5.77. The van der Waals surface area contributed by atoms with Crippen LogP contribution in [0.3, 0.4) is 0 Å². The molecule has 0 saturated heterocycles. The highest BCUT2D eigenvalue weighted by Crippen LogP contribution is 2.38. The van der Waals surface area contributed by atoms with Gasteiger partial charge in [0, 0.05) is 39.1 Å². The minimum atomic E-state index is 0.610. The summed E-state index contributed by atoms with van der Waals surface area (Å²) in [6, 6.07) is 21.9. The normalized spacial score (nSPS) is 12.0. The highest BCUT2D eigenvalue weighted by Gasteiger charge is 2.19. The average Bonchev–Trinajstić information content (AvgIpc) is 3.26. The van der Waals surface area contributed by atoms with Crippen molar-refractivity contribution in [2.45, 2.75) is 33.9 Å². The minimum absolute atomic E-state index is 0.610. The topological polar surface area (TPSA) is 48.5 Å². The maximum Gasteiger partial charge on any atom is 0.152 e. The van der Waals surface area contributed by atoms with Crippen LogP contribution in [0.2, 0.25) is 0 Å². The third-order valence-corrected chi connectivity index (χ3v) is 6.18. The third kappa shape index (κ3) is 2.59. The number of rotatable bonds is 3. The smallest absolute Gasteiger partial charge is 0.152 e. The number of para-hydroxylation sites is 2. The minimum Gasteiger partial charge on any atom is -0.339 e. The molecule has 3 aromatic heterocycles. The largest absolute Gasteiger partial charge is 0.339 e. The highest BCUT2D eigenvalue weighted by molar-refractivity contribution is 6.22.